The maximum Gasteiger partial charge on any atom is 0.0818 e. The molecule has 3 heteroatoms. The van der Waals surface area contributed by atoms with Gasteiger partial charge in [0, 0.05) is 12.3 Å². The highest BCUT2D eigenvalue weighted by Crippen LogP contribution is 2.38. The van der Waals surface area contributed by atoms with E-state index in [-0.39, 0.29) is 12.7 Å². The number of hydrogen-bond donors (Lipinski definition) is 3. The highest BCUT2D eigenvalue weighted by molar-refractivity contribution is 5.71. The number of hydrogen-bond acceptors (Lipinski definition) is 3. The van der Waals surface area contributed by atoms with Crippen LogP contribution in [0.1, 0.15) is 36.5 Å². The van der Waals surface area contributed by atoms with Crippen LogP contribution in [-0.4, -0.2) is 16.8 Å². The quantitative estimate of drug-likeness (QED) is 0.742. The smallest absolute Gasteiger partial charge is 0.0818 e. The minimum absolute atomic E-state index is 0.120. The van der Waals surface area contributed by atoms with Gasteiger partial charge in [0.1, 0.15) is 0 Å². The van der Waals surface area contributed by atoms with Crippen molar-refractivity contribution in [3.05, 3.63) is 53.6 Å². The number of aliphatic hydroxyl groups is 2. The van der Waals surface area contributed by atoms with Gasteiger partial charge >= 0.3 is 0 Å². The summed E-state index contributed by atoms with van der Waals surface area (Å²) in [6.07, 6.45) is 3.74. The summed E-state index contributed by atoms with van der Waals surface area (Å²) in [6, 6.07) is 13.9. The third kappa shape index (κ3) is 3.01. The molecule has 3 nitrogen and oxygen atoms in total. The van der Waals surface area contributed by atoms with Crippen LogP contribution in [0.2, 0.25) is 0 Å². The fraction of sp³-hybridized carbons (Fsp3) is 0.368. The highest BCUT2D eigenvalue weighted by atomic mass is 16.3. The van der Waals surface area contributed by atoms with Crippen molar-refractivity contribution in [1.29, 1.82) is 0 Å². The molecule has 0 saturated heterocycles. The van der Waals surface area contributed by atoms with Crippen molar-refractivity contribution in [2.45, 2.75) is 31.8 Å². The summed E-state index contributed by atoms with van der Waals surface area (Å²) in [4.78, 5) is 0. The van der Waals surface area contributed by atoms with Crippen molar-refractivity contribution in [2.75, 3.05) is 12.3 Å². The van der Waals surface area contributed by atoms with Crippen molar-refractivity contribution in [3.63, 3.8) is 0 Å². The molecule has 0 radical (unpaired) electrons. The molecule has 0 aliphatic heterocycles. The molecule has 2 aromatic carbocycles. The molecular formula is C19H23NO2. The Labute approximate surface area is 131 Å². The standard InChI is InChI=1S/C19H23NO2/c20-17-9-8-14(10-11-21)18(12-17)13-4-6-16(7-5-13)19(22)15-2-1-3-15/h4-9,12,15,19,21-22H,1-3,10-11,20H2. The van der Waals surface area contributed by atoms with Crippen molar-refractivity contribution >= 4 is 5.69 Å². The third-order valence-electron chi connectivity index (χ3n) is 4.67. The number of benzene rings is 2. The van der Waals surface area contributed by atoms with Crippen LogP contribution >= 0.6 is 0 Å². The molecular weight excluding hydrogens is 274 g/mol. The van der Waals surface area contributed by atoms with E-state index >= 15 is 0 Å². The highest BCUT2D eigenvalue weighted by Gasteiger charge is 2.26. The van der Waals surface area contributed by atoms with Gasteiger partial charge in [0.15, 0.2) is 0 Å². The second-order valence-corrected chi connectivity index (χ2v) is 6.15. The van der Waals surface area contributed by atoms with Crippen molar-refractivity contribution in [2.24, 2.45) is 5.92 Å². The predicted octanol–water partition coefficient (Wildman–Crippen LogP) is 3.30. The number of nitrogen functional groups attached to an aromatic ring is 1. The molecule has 116 valence electrons. The largest absolute Gasteiger partial charge is 0.399 e. The topological polar surface area (TPSA) is 66.5 Å². The molecule has 0 heterocycles. The monoisotopic (exact) mass is 297 g/mol. The lowest BCUT2D eigenvalue weighted by atomic mass is 9.78. The van der Waals surface area contributed by atoms with Gasteiger partial charge in [0.05, 0.1) is 6.10 Å². The second kappa shape index (κ2) is 6.51. The first-order valence-corrected chi connectivity index (χ1v) is 7.96. The molecule has 1 aliphatic rings. The lowest BCUT2D eigenvalue weighted by molar-refractivity contribution is 0.0621. The minimum Gasteiger partial charge on any atom is -0.399 e. The van der Waals surface area contributed by atoms with Crippen LogP contribution in [0.3, 0.4) is 0 Å². The summed E-state index contributed by atoms with van der Waals surface area (Å²) in [5.74, 6) is 0.420. The van der Waals surface area contributed by atoms with E-state index in [9.17, 15) is 10.2 Å². The average molecular weight is 297 g/mol. The molecule has 1 unspecified atom stereocenters. The first kappa shape index (κ1) is 15.1. The molecule has 0 aromatic heterocycles. The van der Waals surface area contributed by atoms with Crippen molar-refractivity contribution < 1.29 is 10.2 Å². The number of nitrogens with two attached hydrogens (primary N) is 1. The van der Waals surface area contributed by atoms with Gasteiger partial charge in [-0.25, -0.2) is 0 Å². The normalized spacial score (nSPS) is 16.3. The summed E-state index contributed by atoms with van der Waals surface area (Å²) >= 11 is 0. The molecule has 1 fully saturated rings. The predicted molar refractivity (Wildman–Crippen MR) is 89.4 cm³/mol. The van der Waals surface area contributed by atoms with Crippen LogP contribution in [0.15, 0.2) is 42.5 Å². The van der Waals surface area contributed by atoms with Gasteiger partial charge < -0.3 is 15.9 Å². The molecule has 3 rings (SSSR count). The zero-order chi connectivity index (χ0) is 15.5. The van der Waals surface area contributed by atoms with Gasteiger partial charge in [-0.15, -0.1) is 0 Å². The Hall–Kier alpha value is -1.84. The van der Waals surface area contributed by atoms with Gasteiger partial charge in [0.25, 0.3) is 0 Å². The fourth-order valence-corrected chi connectivity index (χ4v) is 3.09. The van der Waals surface area contributed by atoms with E-state index in [0.29, 0.717) is 12.3 Å². The Kier molecular flexibility index (Phi) is 4.46. The lowest BCUT2D eigenvalue weighted by Crippen LogP contribution is -2.19. The molecule has 1 atom stereocenters. The van der Waals surface area contributed by atoms with E-state index in [1.165, 1.54) is 6.42 Å². The molecule has 22 heavy (non-hydrogen) atoms. The first-order chi connectivity index (χ1) is 10.7. The van der Waals surface area contributed by atoms with Gasteiger partial charge in [-0.3, -0.25) is 0 Å². The second-order valence-electron chi connectivity index (χ2n) is 6.15. The van der Waals surface area contributed by atoms with E-state index < -0.39 is 0 Å². The van der Waals surface area contributed by atoms with Gasteiger partial charge in [0.2, 0.25) is 0 Å². The Morgan fingerprint density at radius 2 is 1.82 bits per heavy atom. The molecule has 4 N–H and O–H groups in total. The van der Waals surface area contributed by atoms with Gasteiger partial charge in [-0.2, -0.15) is 0 Å². The SMILES string of the molecule is Nc1ccc(CCO)c(-c2ccc(C(O)C3CCC3)cc2)c1. The van der Waals surface area contributed by atoms with Crippen molar-refractivity contribution in [3.8, 4) is 11.1 Å². The molecule has 0 bridgehead atoms. The fourth-order valence-electron chi connectivity index (χ4n) is 3.09. The maximum atomic E-state index is 10.3. The Balaban J connectivity index is 1.87. The van der Waals surface area contributed by atoms with E-state index in [1.54, 1.807) is 0 Å². The molecule has 2 aromatic rings. The van der Waals surface area contributed by atoms with E-state index in [0.717, 1.165) is 40.8 Å². The number of anilines is 1. The summed E-state index contributed by atoms with van der Waals surface area (Å²) in [5.41, 5.74) is 10.8. The summed E-state index contributed by atoms with van der Waals surface area (Å²) in [5, 5.41) is 19.5. The Bertz CT molecular complexity index is 632. The Morgan fingerprint density at radius 3 is 2.41 bits per heavy atom. The van der Waals surface area contributed by atoms with Gasteiger partial charge in [-0.1, -0.05) is 36.8 Å². The van der Waals surface area contributed by atoms with Crippen LogP contribution in [0.4, 0.5) is 5.69 Å². The molecule has 1 saturated carbocycles. The zero-order valence-electron chi connectivity index (χ0n) is 12.7. The number of rotatable bonds is 5. The van der Waals surface area contributed by atoms with Crippen LogP contribution in [0.5, 0.6) is 0 Å². The van der Waals surface area contributed by atoms with E-state index in [2.05, 4.69) is 0 Å². The maximum absolute atomic E-state index is 10.3. The minimum atomic E-state index is -0.347. The van der Waals surface area contributed by atoms with Crippen LogP contribution in [0.25, 0.3) is 11.1 Å². The third-order valence-corrected chi connectivity index (χ3v) is 4.67. The molecule has 1 aliphatic carbocycles. The van der Waals surface area contributed by atoms with Crippen LogP contribution < -0.4 is 5.73 Å². The molecule has 0 amide bonds. The Morgan fingerprint density at radius 1 is 1.09 bits per heavy atom. The summed E-state index contributed by atoms with van der Waals surface area (Å²) in [6.45, 7) is 0.120. The first-order valence-electron chi connectivity index (χ1n) is 7.96. The van der Waals surface area contributed by atoms with E-state index in [4.69, 9.17) is 5.73 Å². The summed E-state index contributed by atoms with van der Waals surface area (Å²) in [7, 11) is 0. The average Bonchev–Trinajstić information content (AvgIpc) is 2.48. The van der Waals surface area contributed by atoms with Gasteiger partial charge in [-0.05, 0) is 59.6 Å². The zero-order valence-corrected chi connectivity index (χ0v) is 12.7. The lowest BCUT2D eigenvalue weighted by Gasteiger charge is -2.30. The van der Waals surface area contributed by atoms with Crippen LogP contribution in [0, 0.1) is 5.92 Å². The summed E-state index contributed by atoms with van der Waals surface area (Å²) < 4.78 is 0. The van der Waals surface area contributed by atoms with Crippen molar-refractivity contribution in [1.82, 2.24) is 0 Å². The number of aliphatic hydroxyl groups excluding tert-OH is 2. The van der Waals surface area contributed by atoms with Crippen LogP contribution in [-0.2, 0) is 6.42 Å². The molecule has 0 spiro atoms. The van der Waals surface area contributed by atoms with E-state index in [1.807, 2.05) is 42.5 Å².